The second-order valence-corrected chi connectivity index (χ2v) is 18.6. The first kappa shape index (κ1) is 37.5. The molecule has 1 saturated heterocycles. The normalized spacial score (nSPS) is 25.6. The zero-order valence-electron chi connectivity index (χ0n) is 30.8. The number of carbonyl (C=O) groups is 5. The third kappa shape index (κ3) is 7.74. The largest absolute Gasteiger partial charge is 0.454 e. The van der Waals surface area contributed by atoms with E-state index in [0.717, 1.165) is 11.1 Å². The monoisotopic (exact) mass is 746 g/mol. The Morgan fingerprint density at radius 1 is 1.00 bits per heavy atom. The van der Waals surface area contributed by atoms with Crippen LogP contribution in [0.3, 0.4) is 0 Å². The summed E-state index contributed by atoms with van der Waals surface area (Å²) in [5, 5.41) is 7.75. The Bertz CT molecular complexity index is 1730. The van der Waals surface area contributed by atoms with E-state index in [1.54, 1.807) is 41.5 Å². The van der Waals surface area contributed by atoms with Crippen LogP contribution in [0.25, 0.3) is 0 Å². The van der Waals surface area contributed by atoms with Crippen LogP contribution in [0.2, 0.25) is 0 Å². The molecule has 0 radical (unpaired) electrons. The minimum atomic E-state index is -3.88. The highest BCUT2D eigenvalue weighted by Gasteiger charge is 2.62. The van der Waals surface area contributed by atoms with Crippen LogP contribution in [0.15, 0.2) is 12.1 Å². The van der Waals surface area contributed by atoms with Crippen molar-refractivity contribution >= 4 is 39.9 Å². The summed E-state index contributed by atoms with van der Waals surface area (Å²) in [6.45, 7) is 13.1. The summed E-state index contributed by atoms with van der Waals surface area (Å²) in [6, 6.07) is 0.804. The SMILES string of the molecule is CC[C@H]1C[C@@]1(NC(=O)[C@@H]1C[C@@H](OC(=O)N2Cc3cc4c(cc3C2)OCO4)CN1C(=O)[C@@H](NC(=O)NC(C)(C)C)C(C)(C)C)C(=O)NS(=O)(=O)C1CC1. The molecular formula is C35H50N6O10S. The van der Waals surface area contributed by atoms with E-state index in [1.807, 2.05) is 19.1 Å². The zero-order valence-corrected chi connectivity index (χ0v) is 31.6. The molecule has 5 atom stereocenters. The minimum Gasteiger partial charge on any atom is -0.454 e. The van der Waals surface area contributed by atoms with Crippen LogP contribution in [0.5, 0.6) is 11.5 Å². The lowest BCUT2D eigenvalue weighted by molar-refractivity contribution is -0.142. The van der Waals surface area contributed by atoms with Gasteiger partial charge in [0.15, 0.2) is 11.5 Å². The van der Waals surface area contributed by atoms with Gasteiger partial charge >= 0.3 is 12.1 Å². The highest BCUT2D eigenvalue weighted by molar-refractivity contribution is 7.91. The van der Waals surface area contributed by atoms with E-state index in [0.29, 0.717) is 30.8 Å². The minimum absolute atomic E-state index is 0.0833. The Hall–Kier alpha value is -4.28. The Labute approximate surface area is 304 Å². The Morgan fingerprint density at radius 2 is 1.62 bits per heavy atom. The average molecular weight is 747 g/mol. The van der Waals surface area contributed by atoms with Crippen LogP contribution < -0.4 is 30.1 Å². The fourth-order valence-electron chi connectivity index (χ4n) is 7.13. The molecule has 0 aromatic heterocycles. The van der Waals surface area contributed by atoms with E-state index in [-0.39, 0.29) is 45.2 Å². The maximum atomic E-state index is 14.4. The summed E-state index contributed by atoms with van der Waals surface area (Å²) in [7, 11) is -3.88. The number of nitrogens with one attached hydrogen (secondary N) is 4. The molecule has 2 aliphatic carbocycles. The molecule has 1 aromatic rings. The Kier molecular flexibility index (Phi) is 9.58. The van der Waals surface area contributed by atoms with Crippen molar-refractivity contribution in [2.45, 2.75) is 128 Å². The van der Waals surface area contributed by atoms with E-state index in [4.69, 9.17) is 14.2 Å². The summed E-state index contributed by atoms with van der Waals surface area (Å²) in [4.78, 5) is 71.4. The number of ether oxygens (including phenoxy) is 3. The lowest BCUT2D eigenvalue weighted by atomic mass is 9.85. The predicted octanol–water partition coefficient (Wildman–Crippen LogP) is 2.24. The third-order valence-corrected chi connectivity index (χ3v) is 12.0. The van der Waals surface area contributed by atoms with Gasteiger partial charge in [-0.05, 0) is 74.6 Å². The van der Waals surface area contributed by atoms with Gasteiger partial charge in [0, 0.05) is 25.0 Å². The van der Waals surface area contributed by atoms with Crippen molar-refractivity contribution in [3.05, 3.63) is 23.3 Å². The van der Waals surface area contributed by atoms with Gasteiger partial charge in [-0.3, -0.25) is 24.0 Å². The summed E-state index contributed by atoms with van der Waals surface area (Å²) >= 11 is 0. The number of hydrogen-bond acceptors (Lipinski definition) is 10. The van der Waals surface area contributed by atoms with E-state index in [9.17, 15) is 32.4 Å². The molecule has 3 heterocycles. The molecule has 0 unspecified atom stereocenters. The topological polar surface area (TPSA) is 202 Å². The molecule has 3 aliphatic heterocycles. The van der Waals surface area contributed by atoms with Crippen molar-refractivity contribution in [1.82, 2.24) is 30.5 Å². The van der Waals surface area contributed by atoms with E-state index in [1.165, 1.54) is 9.80 Å². The second kappa shape index (κ2) is 13.3. The molecule has 16 nitrogen and oxygen atoms in total. The average Bonchev–Trinajstić information content (AvgIpc) is 3.86. The highest BCUT2D eigenvalue weighted by atomic mass is 32.2. The zero-order chi connectivity index (χ0) is 38.0. The molecule has 6 rings (SSSR count). The van der Waals surface area contributed by atoms with Crippen LogP contribution in [0, 0.1) is 11.3 Å². The number of hydrogen-bond donors (Lipinski definition) is 4. The van der Waals surface area contributed by atoms with Gasteiger partial charge in [0.25, 0.3) is 5.91 Å². The van der Waals surface area contributed by atoms with Crippen LogP contribution >= 0.6 is 0 Å². The fourth-order valence-corrected chi connectivity index (χ4v) is 8.49. The first-order valence-corrected chi connectivity index (χ1v) is 19.4. The molecule has 0 bridgehead atoms. The molecule has 2 saturated carbocycles. The predicted molar refractivity (Wildman–Crippen MR) is 186 cm³/mol. The summed E-state index contributed by atoms with van der Waals surface area (Å²) in [5.41, 5.74) is -1.10. The number of sulfonamides is 1. The number of fused-ring (bicyclic) bond motifs is 2. The number of nitrogens with zero attached hydrogens (tertiary/aromatic N) is 2. The van der Waals surface area contributed by atoms with Gasteiger partial charge in [-0.2, -0.15) is 0 Å². The van der Waals surface area contributed by atoms with Crippen molar-refractivity contribution in [2.24, 2.45) is 11.3 Å². The maximum Gasteiger partial charge on any atom is 0.410 e. The number of amides is 6. The molecule has 52 heavy (non-hydrogen) atoms. The standard InChI is InChI=1S/C35H50N6O10S/c1-8-21-14-35(21,30(44)39-52(47,48)23-9-10-23)37-28(42)24-13-22(17-41(24)29(43)27(33(2,3)4)36-31(45)38-34(5,6)7)51-32(46)40-15-19-11-25-26(50-18-49-25)12-20(19)16-40/h11-12,21-24,27H,8-10,13-18H2,1-7H3,(H,37,42)(H,39,44)(H2,36,38,45)/t21-,22+,24-,27+,35-/m0/s1. The molecule has 17 heteroatoms. The Morgan fingerprint density at radius 3 is 2.13 bits per heavy atom. The fraction of sp³-hybridized carbons (Fsp3) is 0.686. The van der Waals surface area contributed by atoms with Gasteiger partial charge in [0.05, 0.1) is 11.8 Å². The molecule has 5 aliphatic rings. The molecule has 4 N–H and O–H groups in total. The van der Waals surface area contributed by atoms with Crippen LogP contribution in [0.4, 0.5) is 9.59 Å². The number of likely N-dealkylation sites (tertiary alicyclic amines) is 1. The number of carbonyl (C=O) groups excluding carboxylic acids is 5. The van der Waals surface area contributed by atoms with Crippen molar-refractivity contribution in [3.8, 4) is 11.5 Å². The quantitative estimate of drug-likeness (QED) is 0.291. The molecular weight excluding hydrogens is 696 g/mol. The van der Waals surface area contributed by atoms with E-state index in [2.05, 4.69) is 20.7 Å². The van der Waals surface area contributed by atoms with Crippen molar-refractivity contribution < 1.29 is 46.6 Å². The summed E-state index contributed by atoms with van der Waals surface area (Å²) in [5.74, 6) is -1.18. The molecule has 0 spiro atoms. The van der Waals surface area contributed by atoms with Gasteiger partial charge in [-0.15, -0.1) is 0 Å². The van der Waals surface area contributed by atoms with Crippen molar-refractivity contribution in [1.29, 1.82) is 0 Å². The van der Waals surface area contributed by atoms with Crippen molar-refractivity contribution in [2.75, 3.05) is 13.3 Å². The summed E-state index contributed by atoms with van der Waals surface area (Å²) < 4.78 is 44.4. The lowest BCUT2D eigenvalue weighted by Crippen LogP contribution is -2.61. The number of benzene rings is 1. The van der Waals surface area contributed by atoms with E-state index < -0.39 is 79.8 Å². The lowest BCUT2D eigenvalue weighted by Gasteiger charge is -2.36. The van der Waals surface area contributed by atoms with Gasteiger partial charge in [0.2, 0.25) is 28.6 Å². The first-order valence-electron chi connectivity index (χ1n) is 17.8. The molecule has 1 aromatic carbocycles. The van der Waals surface area contributed by atoms with Gasteiger partial charge in [-0.1, -0.05) is 34.1 Å². The van der Waals surface area contributed by atoms with Crippen LogP contribution in [0.1, 0.15) is 91.7 Å². The van der Waals surface area contributed by atoms with Crippen LogP contribution in [-0.2, 0) is 42.2 Å². The maximum absolute atomic E-state index is 14.4. The van der Waals surface area contributed by atoms with Crippen LogP contribution in [-0.4, -0.2) is 95.9 Å². The summed E-state index contributed by atoms with van der Waals surface area (Å²) in [6.07, 6.45) is 0.0315. The van der Waals surface area contributed by atoms with Gasteiger partial charge < -0.3 is 35.1 Å². The van der Waals surface area contributed by atoms with Crippen molar-refractivity contribution in [3.63, 3.8) is 0 Å². The third-order valence-electron chi connectivity index (χ3n) is 10.2. The smallest absolute Gasteiger partial charge is 0.410 e. The first-order chi connectivity index (χ1) is 24.2. The Balaban J connectivity index is 1.22. The molecule has 3 fully saturated rings. The molecule has 6 amide bonds. The number of urea groups is 1. The highest BCUT2D eigenvalue weighted by Crippen LogP contribution is 2.47. The second-order valence-electron chi connectivity index (χ2n) is 16.7. The molecule has 286 valence electrons. The van der Waals surface area contributed by atoms with Gasteiger partial charge in [-0.25, -0.2) is 18.0 Å². The number of rotatable bonds is 9. The van der Waals surface area contributed by atoms with E-state index >= 15 is 0 Å². The van der Waals surface area contributed by atoms with Gasteiger partial charge in [0.1, 0.15) is 23.7 Å².